The molecule has 2 N–H and O–H groups in total. The molecule has 0 saturated carbocycles. The van der Waals surface area contributed by atoms with Crippen LogP contribution in [-0.2, 0) is 11.0 Å². The number of hydrogen-bond acceptors (Lipinski definition) is 2. The van der Waals surface area contributed by atoms with E-state index >= 15 is 0 Å². The lowest BCUT2D eigenvalue weighted by Gasteiger charge is -2.15. The molecule has 0 spiro atoms. The van der Waals surface area contributed by atoms with E-state index in [9.17, 15) is 18.0 Å². The molecule has 0 radical (unpaired) electrons. The van der Waals surface area contributed by atoms with Crippen LogP contribution in [0.25, 0.3) is 0 Å². The number of carbonyl (C=O) groups excluding carboxylic acids is 1. The molecule has 3 nitrogen and oxygen atoms in total. The second kappa shape index (κ2) is 7.17. The van der Waals surface area contributed by atoms with Gasteiger partial charge in [0.25, 0.3) is 0 Å². The number of halogens is 3. The van der Waals surface area contributed by atoms with Gasteiger partial charge in [0.15, 0.2) is 0 Å². The molecule has 0 saturated heterocycles. The summed E-state index contributed by atoms with van der Waals surface area (Å²) in [4.78, 5) is 11.7. The van der Waals surface area contributed by atoms with Crippen LogP contribution in [0, 0.1) is 0 Å². The fourth-order valence-electron chi connectivity index (χ4n) is 1.61. The SMILES string of the molecule is CCCCNC(=O)C(C)Nc1ccc(C(F)(F)F)cc1. The maximum atomic E-state index is 12.4. The fourth-order valence-corrected chi connectivity index (χ4v) is 1.61. The summed E-state index contributed by atoms with van der Waals surface area (Å²) in [6.07, 6.45) is -2.46. The molecular formula is C14H19F3N2O. The molecule has 1 atom stereocenters. The van der Waals surface area contributed by atoms with Crippen LogP contribution in [0.1, 0.15) is 32.3 Å². The van der Waals surface area contributed by atoms with Gasteiger partial charge in [-0.2, -0.15) is 13.2 Å². The largest absolute Gasteiger partial charge is 0.416 e. The second-order valence-corrected chi connectivity index (χ2v) is 4.59. The number of carbonyl (C=O) groups is 1. The van der Waals surface area contributed by atoms with Crippen molar-refractivity contribution in [1.29, 1.82) is 0 Å². The quantitative estimate of drug-likeness (QED) is 0.787. The van der Waals surface area contributed by atoms with E-state index in [4.69, 9.17) is 0 Å². The van der Waals surface area contributed by atoms with Gasteiger partial charge in [-0.3, -0.25) is 4.79 Å². The first kappa shape index (κ1) is 16.3. The summed E-state index contributed by atoms with van der Waals surface area (Å²) in [5, 5.41) is 5.63. The number of alkyl halides is 3. The summed E-state index contributed by atoms with van der Waals surface area (Å²) in [5.41, 5.74) is -0.223. The van der Waals surface area contributed by atoms with Crippen LogP contribution in [0.15, 0.2) is 24.3 Å². The average molecular weight is 288 g/mol. The van der Waals surface area contributed by atoms with Gasteiger partial charge >= 0.3 is 6.18 Å². The molecule has 1 amide bonds. The van der Waals surface area contributed by atoms with E-state index in [2.05, 4.69) is 10.6 Å². The van der Waals surface area contributed by atoms with Crippen LogP contribution in [0.2, 0.25) is 0 Å². The zero-order valence-corrected chi connectivity index (χ0v) is 11.6. The van der Waals surface area contributed by atoms with Gasteiger partial charge in [0.1, 0.15) is 6.04 Å². The third-order valence-electron chi connectivity index (χ3n) is 2.82. The normalized spacial score (nSPS) is 12.8. The van der Waals surface area contributed by atoms with Crippen LogP contribution in [0.3, 0.4) is 0 Å². The monoisotopic (exact) mass is 288 g/mol. The molecule has 1 aromatic carbocycles. The lowest BCUT2D eigenvalue weighted by atomic mass is 10.2. The van der Waals surface area contributed by atoms with Crippen molar-refractivity contribution in [3.8, 4) is 0 Å². The molecule has 0 aliphatic carbocycles. The van der Waals surface area contributed by atoms with Crippen molar-refractivity contribution >= 4 is 11.6 Å². The third kappa shape index (κ3) is 5.11. The lowest BCUT2D eigenvalue weighted by molar-refractivity contribution is -0.137. The van der Waals surface area contributed by atoms with E-state index < -0.39 is 17.8 Å². The predicted molar refractivity (Wildman–Crippen MR) is 72.4 cm³/mol. The van der Waals surface area contributed by atoms with Crippen LogP contribution < -0.4 is 10.6 Å². The molecule has 0 aliphatic heterocycles. The first-order chi connectivity index (χ1) is 9.34. The van der Waals surface area contributed by atoms with Gasteiger partial charge in [-0.05, 0) is 37.6 Å². The van der Waals surface area contributed by atoms with Crippen LogP contribution in [0.5, 0.6) is 0 Å². The smallest absolute Gasteiger partial charge is 0.374 e. The van der Waals surface area contributed by atoms with Gasteiger partial charge in [0.05, 0.1) is 5.56 Å². The van der Waals surface area contributed by atoms with Crippen molar-refractivity contribution in [2.75, 3.05) is 11.9 Å². The standard InChI is InChI=1S/C14H19F3N2O/c1-3-4-9-18-13(20)10(2)19-12-7-5-11(6-8-12)14(15,16)17/h5-8,10,19H,3-4,9H2,1-2H3,(H,18,20). The zero-order valence-electron chi connectivity index (χ0n) is 11.6. The Morgan fingerprint density at radius 3 is 2.35 bits per heavy atom. The minimum absolute atomic E-state index is 0.168. The van der Waals surface area contributed by atoms with Crippen molar-refractivity contribution in [3.63, 3.8) is 0 Å². The Morgan fingerprint density at radius 2 is 1.85 bits per heavy atom. The number of benzene rings is 1. The van der Waals surface area contributed by atoms with E-state index in [-0.39, 0.29) is 5.91 Å². The molecule has 0 heterocycles. The van der Waals surface area contributed by atoms with E-state index in [0.717, 1.165) is 25.0 Å². The van der Waals surface area contributed by atoms with E-state index in [0.29, 0.717) is 12.2 Å². The van der Waals surface area contributed by atoms with Gasteiger partial charge in [0, 0.05) is 12.2 Å². The summed E-state index contributed by atoms with van der Waals surface area (Å²) in [7, 11) is 0. The first-order valence-electron chi connectivity index (χ1n) is 6.56. The molecule has 0 aliphatic rings. The molecular weight excluding hydrogens is 269 g/mol. The first-order valence-corrected chi connectivity index (χ1v) is 6.56. The Hall–Kier alpha value is -1.72. The van der Waals surface area contributed by atoms with Crippen molar-refractivity contribution in [1.82, 2.24) is 5.32 Å². The molecule has 1 unspecified atom stereocenters. The molecule has 6 heteroatoms. The maximum Gasteiger partial charge on any atom is 0.416 e. The highest BCUT2D eigenvalue weighted by molar-refractivity contribution is 5.84. The summed E-state index contributed by atoms with van der Waals surface area (Å²) >= 11 is 0. The second-order valence-electron chi connectivity index (χ2n) is 4.59. The molecule has 1 rings (SSSR count). The summed E-state index contributed by atoms with van der Waals surface area (Å²) in [6.45, 7) is 4.29. The van der Waals surface area contributed by atoms with Gasteiger partial charge in [-0.25, -0.2) is 0 Å². The van der Waals surface area contributed by atoms with Crippen LogP contribution >= 0.6 is 0 Å². The molecule has 112 valence electrons. The molecule has 0 aromatic heterocycles. The van der Waals surface area contributed by atoms with Crippen molar-refractivity contribution < 1.29 is 18.0 Å². The number of unbranched alkanes of at least 4 members (excludes halogenated alkanes) is 1. The van der Waals surface area contributed by atoms with Crippen LogP contribution in [-0.4, -0.2) is 18.5 Å². The van der Waals surface area contributed by atoms with Crippen LogP contribution in [0.4, 0.5) is 18.9 Å². The highest BCUT2D eigenvalue weighted by atomic mass is 19.4. The molecule has 20 heavy (non-hydrogen) atoms. The van der Waals surface area contributed by atoms with Crippen molar-refractivity contribution in [3.05, 3.63) is 29.8 Å². The van der Waals surface area contributed by atoms with Crippen molar-refractivity contribution in [2.24, 2.45) is 0 Å². The third-order valence-corrected chi connectivity index (χ3v) is 2.82. The highest BCUT2D eigenvalue weighted by Gasteiger charge is 2.30. The topological polar surface area (TPSA) is 41.1 Å². The fraction of sp³-hybridized carbons (Fsp3) is 0.500. The number of amides is 1. The van der Waals surface area contributed by atoms with Gasteiger partial charge in [0.2, 0.25) is 5.91 Å². The highest BCUT2D eigenvalue weighted by Crippen LogP contribution is 2.29. The van der Waals surface area contributed by atoms with E-state index in [1.165, 1.54) is 12.1 Å². The Kier molecular flexibility index (Phi) is 5.85. The molecule has 0 fully saturated rings. The van der Waals surface area contributed by atoms with Crippen molar-refractivity contribution in [2.45, 2.75) is 38.9 Å². The Morgan fingerprint density at radius 1 is 1.25 bits per heavy atom. The van der Waals surface area contributed by atoms with E-state index in [1.807, 2.05) is 6.92 Å². The summed E-state index contributed by atoms with van der Waals surface area (Å²) in [5.74, 6) is -0.168. The minimum atomic E-state index is -4.35. The number of anilines is 1. The molecule has 1 aromatic rings. The summed E-state index contributed by atoms with van der Waals surface area (Å²) < 4.78 is 37.2. The van der Waals surface area contributed by atoms with E-state index in [1.54, 1.807) is 6.92 Å². The maximum absolute atomic E-state index is 12.4. The number of rotatable bonds is 6. The minimum Gasteiger partial charge on any atom is -0.374 e. The Balaban J connectivity index is 2.53. The average Bonchev–Trinajstić information content (AvgIpc) is 2.38. The zero-order chi connectivity index (χ0) is 15.2. The predicted octanol–water partition coefficient (Wildman–Crippen LogP) is 3.42. The lowest BCUT2D eigenvalue weighted by Crippen LogP contribution is -2.37. The van der Waals surface area contributed by atoms with Gasteiger partial charge < -0.3 is 10.6 Å². The Bertz CT molecular complexity index is 429. The number of hydrogen-bond donors (Lipinski definition) is 2. The Labute approximate surface area is 116 Å². The summed E-state index contributed by atoms with van der Waals surface area (Å²) in [6, 6.07) is 4.12. The molecule has 0 bridgehead atoms. The van der Waals surface area contributed by atoms with Gasteiger partial charge in [-0.15, -0.1) is 0 Å². The number of nitrogens with one attached hydrogen (secondary N) is 2. The van der Waals surface area contributed by atoms with Gasteiger partial charge in [-0.1, -0.05) is 13.3 Å².